The average molecular weight is 467 g/mol. The summed E-state index contributed by atoms with van der Waals surface area (Å²) >= 11 is 0. The third-order valence-corrected chi connectivity index (χ3v) is 6.57. The summed E-state index contributed by atoms with van der Waals surface area (Å²) in [6, 6.07) is 10.8. The molecule has 34 heavy (non-hydrogen) atoms. The van der Waals surface area contributed by atoms with Gasteiger partial charge < -0.3 is 21.3 Å². The van der Waals surface area contributed by atoms with Gasteiger partial charge in [-0.15, -0.1) is 0 Å². The van der Waals surface area contributed by atoms with Crippen LogP contribution in [0, 0.1) is 0 Å². The van der Waals surface area contributed by atoms with Crippen molar-refractivity contribution in [3.05, 3.63) is 47.0 Å². The number of likely N-dealkylation sites (N-methyl/N-ethyl adjacent to an activating group) is 2. The first-order valence-electron chi connectivity index (χ1n) is 12.1. The van der Waals surface area contributed by atoms with Gasteiger partial charge in [-0.25, -0.2) is 10.4 Å². The van der Waals surface area contributed by atoms with E-state index in [0.717, 1.165) is 48.9 Å². The van der Waals surface area contributed by atoms with Crippen molar-refractivity contribution in [2.45, 2.75) is 39.0 Å². The molecule has 2 aliphatic heterocycles. The van der Waals surface area contributed by atoms with Gasteiger partial charge in [0, 0.05) is 74.7 Å². The Labute approximate surface area is 202 Å². The fraction of sp³-hybridized carbons (Fsp3) is 0.520. The molecule has 2 aromatic rings. The molecule has 1 saturated heterocycles. The number of hydrazine groups is 1. The minimum absolute atomic E-state index is 0.0496. The lowest BCUT2D eigenvalue weighted by Crippen LogP contribution is -2.40. The molecule has 1 aromatic heterocycles. The van der Waals surface area contributed by atoms with Gasteiger partial charge in [0.15, 0.2) is 0 Å². The van der Waals surface area contributed by atoms with Crippen LogP contribution >= 0.6 is 0 Å². The molecule has 1 amide bonds. The van der Waals surface area contributed by atoms with E-state index < -0.39 is 0 Å². The summed E-state index contributed by atoms with van der Waals surface area (Å²) in [6.07, 6.45) is 0. The van der Waals surface area contributed by atoms with Crippen LogP contribution in [-0.4, -0.2) is 79.7 Å². The predicted molar refractivity (Wildman–Crippen MR) is 136 cm³/mol. The maximum absolute atomic E-state index is 13.4. The molecular weight excluding hydrogens is 428 g/mol. The molecule has 1 fully saturated rings. The van der Waals surface area contributed by atoms with E-state index >= 15 is 0 Å². The summed E-state index contributed by atoms with van der Waals surface area (Å²) in [5, 5.41) is 8.56. The van der Waals surface area contributed by atoms with Gasteiger partial charge in [-0.2, -0.15) is 0 Å². The number of carbonyl (C=O) groups excluding carboxylic acids is 1. The first kappa shape index (κ1) is 24.6. The molecule has 0 saturated carbocycles. The van der Waals surface area contributed by atoms with E-state index in [1.54, 1.807) is 0 Å². The Hall–Kier alpha value is -2.56. The molecule has 3 heterocycles. The highest BCUT2D eigenvalue weighted by atomic mass is 16.1. The Kier molecular flexibility index (Phi) is 7.80. The number of pyridine rings is 1. The van der Waals surface area contributed by atoms with Crippen molar-refractivity contribution in [3.8, 4) is 11.3 Å². The van der Waals surface area contributed by atoms with E-state index in [2.05, 4.69) is 83.1 Å². The second-order valence-electron chi connectivity index (χ2n) is 9.62. The highest BCUT2D eigenvalue weighted by Crippen LogP contribution is 2.32. The average Bonchev–Trinajstić information content (AvgIpc) is 3.43. The molecule has 9 nitrogen and oxygen atoms in total. The van der Waals surface area contributed by atoms with Crippen LogP contribution in [0.2, 0.25) is 0 Å². The van der Waals surface area contributed by atoms with Crippen LogP contribution in [0.4, 0.5) is 5.82 Å². The molecule has 9 heteroatoms. The number of fused-ring (bicyclic) bond motifs is 1. The third kappa shape index (κ3) is 5.39. The Balaban J connectivity index is 1.65. The van der Waals surface area contributed by atoms with Gasteiger partial charge in [-0.3, -0.25) is 14.7 Å². The quantitative estimate of drug-likeness (QED) is 0.434. The second kappa shape index (κ2) is 10.8. The van der Waals surface area contributed by atoms with Gasteiger partial charge >= 0.3 is 0 Å². The van der Waals surface area contributed by atoms with Crippen LogP contribution < -0.4 is 26.8 Å². The topological polar surface area (TPSA) is 102 Å². The fourth-order valence-electron chi connectivity index (χ4n) is 4.61. The highest BCUT2D eigenvalue weighted by Gasteiger charge is 2.29. The zero-order valence-electron chi connectivity index (χ0n) is 20.8. The molecule has 0 aliphatic carbocycles. The van der Waals surface area contributed by atoms with Crippen LogP contribution in [0.3, 0.4) is 0 Å². The first-order chi connectivity index (χ1) is 16.4. The van der Waals surface area contributed by atoms with Gasteiger partial charge in [-0.05, 0) is 45.6 Å². The molecule has 1 aromatic carbocycles. The van der Waals surface area contributed by atoms with E-state index in [4.69, 9.17) is 10.7 Å². The zero-order chi connectivity index (χ0) is 24.2. The van der Waals surface area contributed by atoms with Crippen molar-refractivity contribution in [2.24, 2.45) is 5.73 Å². The number of benzene rings is 1. The summed E-state index contributed by atoms with van der Waals surface area (Å²) in [5.74, 6) is 0.786. The van der Waals surface area contributed by atoms with Crippen LogP contribution in [0.15, 0.2) is 30.3 Å². The summed E-state index contributed by atoms with van der Waals surface area (Å²) in [5.41, 5.74) is 13.8. The molecule has 4 rings (SSSR count). The monoisotopic (exact) mass is 466 g/mol. The lowest BCUT2D eigenvalue weighted by Gasteiger charge is -2.23. The van der Waals surface area contributed by atoms with Crippen LogP contribution in [0.1, 0.15) is 35.3 Å². The SMILES string of the molecule is CC(C)N1NCc2c(C(=O)NCC3CNCN3C)cc(-c3cccc(CN(C)CCN)c3)nc21. The number of hydrogen-bond donors (Lipinski definition) is 4. The summed E-state index contributed by atoms with van der Waals surface area (Å²) in [6.45, 7) is 9.45. The van der Waals surface area contributed by atoms with Crippen molar-refractivity contribution in [1.29, 1.82) is 0 Å². The van der Waals surface area contributed by atoms with E-state index in [1.165, 1.54) is 5.56 Å². The van der Waals surface area contributed by atoms with Gasteiger partial charge in [0.05, 0.1) is 5.69 Å². The van der Waals surface area contributed by atoms with E-state index in [-0.39, 0.29) is 11.9 Å². The van der Waals surface area contributed by atoms with Gasteiger partial charge in [0.2, 0.25) is 0 Å². The van der Waals surface area contributed by atoms with Gasteiger partial charge in [0.1, 0.15) is 5.82 Å². The lowest BCUT2D eigenvalue weighted by molar-refractivity contribution is 0.0943. The standard InChI is InChI=1S/C25H38N8O/c1-17(2)33-24-22(14-29-33)21(25(34)28-13-20-12-27-16-32(20)4)11-23(30-24)19-7-5-6-18(10-19)15-31(3)9-8-26/h5-7,10-11,17,20,27,29H,8-9,12-16,26H2,1-4H3,(H,28,34). The molecule has 0 radical (unpaired) electrons. The maximum Gasteiger partial charge on any atom is 0.251 e. The highest BCUT2D eigenvalue weighted by molar-refractivity contribution is 5.98. The van der Waals surface area contributed by atoms with Crippen molar-refractivity contribution in [1.82, 2.24) is 30.8 Å². The number of nitrogens with two attached hydrogens (primary N) is 1. The molecule has 2 aliphatic rings. The molecule has 1 atom stereocenters. The second-order valence-corrected chi connectivity index (χ2v) is 9.62. The summed E-state index contributed by atoms with van der Waals surface area (Å²) in [4.78, 5) is 22.8. The van der Waals surface area contributed by atoms with E-state index in [0.29, 0.717) is 31.2 Å². The Morgan fingerprint density at radius 2 is 2.18 bits per heavy atom. The number of amides is 1. The molecule has 0 bridgehead atoms. The maximum atomic E-state index is 13.4. The number of aromatic nitrogens is 1. The third-order valence-electron chi connectivity index (χ3n) is 6.57. The number of nitrogens with zero attached hydrogens (tertiary/aromatic N) is 4. The van der Waals surface area contributed by atoms with E-state index in [1.807, 2.05) is 6.07 Å². The lowest BCUT2D eigenvalue weighted by atomic mass is 10.0. The Bertz CT molecular complexity index is 1010. The largest absolute Gasteiger partial charge is 0.350 e. The molecule has 5 N–H and O–H groups in total. The minimum Gasteiger partial charge on any atom is -0.350 e. The van der Waals surface area contributed by atoms with Crippen molar-refractivity contribution < 1.29 is 4.79 Å². The number of hydrogen-bond acceptors (Lipinski definition) is 8. The van der Waals surface area contributed by atoms with Crippen molar-refractivity contribution in [2.75, 3.05) is 52.0 Å². The molecule has 184 valence electrons. The summed E-state index contributed by atoms with van der Waals surface area (Å²) < 4.78 is 0. The Morgan fingerprint density at radius 3 is 2.88 bits per heavy atom. The number of nitrogens with one attached hydrogen (secondary N) is 3. The van der Waals surface area contributed by atoms with Crippen molar-refractivity contribution in [3.63, 3.8) is 0 Å². The zero-order valence-corrected chi connectivity index (χ0v) is 20.8. The van der Waals surface area contributed by atoms with Gasteiger partial charge in [-0.1, -0.05) is 18.2 Å². The van der Waals surface area contributed by atoms with Crippen LogP contribution in [0.25, 0.3) is 11.3 Å². The molecular formula is C25H38N8O. The molecule has 1 unspecified atom stereocenters. The fourth-order valence-corrected chi connectivity index (χ4v) is 4.61. The smallest absolute Gasteiger partial charge is 0.251 e. The van der Waals surface area contributed by atoms with Gasteiger partial charge in [0.25, 0.3) is 5.91 Å². The van der Waals surface area contributed by atoms with Crippen LogP contribution in [0.5, 0.6) is 0 Å². The summed E-state index contributed by atoms with van der Waals surface area (Å²) in [7, 11) is 4.14. The van der Waals surface area contributed by atoms with Crippen molar-refractivity contribution >= 4 is 11.7 Å². The first-order valence-corrected chi connectivity index (χ1v) is 12.1. The molecule has 0 spiro atoms. The van der Waals surface area contributed by atoms with Crippen LogP contribution in [-0.2, 0) is 13.1 Å². The normalized spacial score (nSPS) is 18.2. The number of anilines is 1. The van der Waals surface area contributed by atoms with E-state index in [9.17, 15) is 4.79 Å². The Morgan fingerprint density at radius 1 is 1.35 bits per heavy atom. The number of rotatable bonds is 9. The predicted octanol–water partition coefficient (Wildman–Crippen LogP) is 0.963. The minimum atomic E-state index is -0.0496. The number of carbonyl (C=O) groups is 1.